The van der Waals surface area contributed by atoms with Gasteiger partial charge in [-0.15, -0.1) is 0 Å². The fourth-order valence-electron chi connectivity index (χ4n) is 0. The Morgan fingerprint density at radius 3 is 1.11 bits per heavy atom. The summed E-state index contributed by atoms with van der Waals surface area (Å²) in [7, 11) is 2.87. The van der Waals surface area contributed by atoms with Crippen molar-refractivity contribution < 1.29 is 13.4 Å². The molecule has 9 heavy (non-hydrogen) atoms. The second-order valence-electron chi connectivity index (χ2n) is 0.424. The number of thiol groups is 3. The van der Waals surface area contributed by atoms with E-state index in [4.69, 9.17) is 0 Å². The van der Waals surface area contributed by atoms with Crippen LogP contribution in [-0.4, -0.2) is 20.5 Å². The highest BCUT2D eigenvalue weighted by Gasteiger charge is 1.49. The van der Waals surface area contributed by atoms with E-state index in [9.17, 15) is 0 Å². The van der Waals surface area contributed by atoms with Crippen LogP contribution >= 0.6 is 38.4 Å². The molecule has 0 aliphatic rings. The van der Waals surface area contributed by atoms with Crippen molar-refractivity contribution in [3.05, 3.63) is 0 Å². The third kappa shape index (κ3) is 115. The molecule has 0 radical (unpaired) electrons. The van der Waals surface area contributed by atoms with Crippen LogP contribution in [0.4, 0.5) is 0 Å². The molecule has 0 unspecified atom stereocenters. The summed E-state index contributed by atoms with van der Waals surface area (Å²) in [5, 5.41) is 0. The maximum atomic E-state index is 3.94. The van der Waals surface area contributed by atoms with Crippen LogP contribution in [0.2, 0.25) is 0 Å². The Morgan fingerprint density at radius 1 is 1.00 bits per heavy atom. The first-order chi connectivity index (χ1) is 4.33. The summed E-state index contributed by atoms with van der Waals surface area (Å²) in [6, 6.07) is 0. The molecule has 0 aliphatic heterocycles. The smallest absolute Gasteiger partial charge is 0.0725 e. The molecule has 0 rings (SSSR count). The summed E-state index contributed by atoms with van der Waals surface area (Å²) in [6.07, 6.45) is 1.69. The van der Waals surface area contributed by atoms with Gasteiger partial charge in [0.15, 0.2) is 0 Å². The fraction of sp³-hybridized carbons (Fsp3) is 1.00. The molecule has 0 saturated heterocycles. The SMILES string of the molecule is COOS.COS.CS. The predicted octanol–water partition coefficient (Wildman–Crippen LogP) is 1.43. The van der Waals surface area contributed by atoms with Crippen LogP contribution in [-0.2, 0) is 13.4 Å². The van der Waals surface area contributed by atoms with E-state index in [2.05, 4.69) is 51.9 Å². The average molecular weight is 192 g/mol. The zero-order chi connectivity index (χ0) is 8.12. The normalized spacial score (nSPS) is 6.00. The number of hydrogen-bond donors (Lipinski definition) is 3. The van der Waals surface area contributed by atoms with E-state index in [-0.39, 0.29) is 0 Å². The molecule has 0 bridgehead atoms. The third-order valence-electron chi connectivity index (χ3n) is 0.0745. The summed E-state index contributed by atoms with van der Waals surface area (Å²) in [4.78, 5) is 3.91. The van der Waals surface area contributed by atoms with E-state index in [1.54, 1.807) is 6.26 Å². The van der Waals surface area contributed by atoms with E-state index in [1.807, 2.05) is 0 Å². The van der Waals surface area contributed by atoms with Crippen LogP contribution in [0.3, 0.4) is 0 Å². The van der Waals surface area contributed by atoms with Crippen LogP contribution in [0.15, 0.2) is 0 Å². The van der Waals surface area contributed by atoms with Crippen LogP contribution in [0.1, 0.15) is 0 Å². The van der Waals surface area contributed by atoms with Gasteiger partial charge in [0.25, 0.3) is 0 Å². The van der Waals surface area contributed by atoms with Crippen molar-refractivity contribution in [1.29, 1.82) is 0 Å². The molecule has 60 valence electrons. The Balaban J connectivity index is -0.0000000646. The van der Waals surface area contributed by atoms with Crippen LogP contribution < -0.4 is 0 Å². The number of hydrogen-bond acceptors (Lipinski definition) is 6. The lowest BCUT2D eigenvalue weighted by Crippen LogP contribution is -1.64. The quantitative estimate of drug-likeness (QED) is 0.254. The Bertz CT molecular complexity index is 21.8. The van der Waals surface area contributed by atoms with Gasteiger partial charge in [0.2, 0.25) is 0 Å². The van der Waals surface area contributed by atoms with Gasteiger partial charge < -0.3 is 4.18 Å². The Labute approximate surface area is 72.6 Å². The zero-order valence-corrected chi connectivity index (χ0v) is 8.25. The second-order valence-corrected chi connectivity index (χ2v) is 0.938. The fourth-order valence-corrected chi connectivity index (χ4v) is 0. The topological polar surface area (TPSA) is 27.7 Å². The van der Waals surface area contributed by atoms with Crippen molar-refractivity contribution in [2.24, 2.45) is 0 Å². The first-order valence-corrected chi connectivity index (χ1v) is 3.42. The Kier molecular flexibility index (Phi) is 66.6. The molecule has 0 atom stereocenters. The van der Waals surface area contributed by atoms with Crippen LogP contribution in [0.25, 0.3) is 0 Å². The van der Waals surface area contributed by atoms with Gasteiger partial charge in [0.05, 0.1) is 7.11 Å². The monoisotopic (exact) mass is 192 g/mol. The standard InChI is InChI=1S/CH4O2S.CH4OS.CH4S/c1-2-3-4;1-2-3;1-2/h4H,1H3;3H,1H3;2H,1H3. The Morgan fingerprint density at radius 2 is 1.11 bits per heavy atom. The minimum absolute atomic E-state index is 1.38. The van der Waals surface area contributed by atoms with Gasteiger partial charge in [0, 0.05) is 20.0 Å². The average Bonchev–Trinajstić information content (AvgIpc) is 1.94. The minimum atomic E-state index is 1.38. The number of rotatable bonds is 1. The highest BCUT2D eigenvalue weighted by molar-refractivity contribution is 7.79. The maximum absolute atomic E-state index is 3.94. The van der Waals surface area contributed by atoms with Crippen LogP contribution in [0, 0.1) is 0 Å². The molecule has 0 aromatic heterocycles. The molecular weight excluding hydrogens is 180 g/mol. The molecule has 0 aliphatic carbocycles. The van der Waals surface area contributed by atoms with Gasteiger partial charge in [-0.3, -0.25) is 0 Å². The van der Waals surface area contributed by atoms with Gasteiger partial charge in [-0.1, -0.05) is 0 Å². The van der Waals surface area contributed by atoms with Gasteiger partial charge in [-0.05, 0) is 19.2 Å². The van der Waals surface area contributed by atoms with E-state index >= 15 is 0 Å². The van der Waals surface area contributed by atoms with E-state index in [1.165, 1.54) is 14.2 Å². The molecule has 6 heteroatoms. The Hall–Kier alpha value is 0.930. The summed E-state index contributed by atoms with van der Waals surface area (Å²) >= 11 is 10.0. The predicted molar refractivity (Wildman–Crippen MR) is 48.0 cm³/mol. The van der Waals surface area contributed by atoms with E-state index in [0.717, 1.165) is 0 Å². The van der Waals surface area contributed by atoms with Gasteiger partial charge >= 0.3 is 0 Å². The molecule has 0 fully saturated rings. The largest absolute Gasteiger partial charge is 0.322 e. The first-order valence-electron chi connectivity index (χ1n) is 1.80. The van der Waals surface area contributed by atoms with Crippen molar-refractivity contribution in [3.8, 4) is 0 Å². The van der Waals surface area contributed by atoms with Crippen molar-refractivity contribution in [2.75, 3.05) is 20.5 Å². The van der Waals surface area contributed by atoms with Crippen molar-refractivity contribution in [1.82, 2.24) is 0 Å². The molecule has 0 aromatic rings. The highest BCUT2D eigenvalue weighted by Crippen LogP contribution is 1.70. The second kappa shape index (κ2) is 36.4. The molecule has 0 aromatic carbocycles. The maximum Gasteiger partial charge on any atom is 0.0725 e. The highest BCUT2D eigenvalue weighted by atomic mass is 32.1. The molecule has 0 saturated carbocycles. The summed E-state index contributed by atoms with van der Waals surface area (Å²) in [5.74, 6) is 0. The minimum Gasteiger partial charge on any atom is -0.322 e. The third-order valence-corrected chi connectivity index (χ3v) is 0.224. The summed E-state index contributed by atoms with van der Waals surface area (Å²) < 4.78 is 7.68. The molecule has 0 spiro atoms. The van der Waals surface area contributed by atoms with Crippen molar-refractivity contribution >= 4 is 38.4 Å². The van der Waals surface area contributed by atoms with Crippen molar-refractivity contribution in [2.45, 2.75) is 0 Å². The molecular formula is C3H12O3S3. The van der Waals surface area contributed by atoms with E-state index in [0.29, 0.717) is 0 Å². The zero-order valence-electron chi connectivity index (χ0n) is 5.57. The first kappa shape index (κ1) is 16.5. The summed E-state index contributed by atoms with van der Waals surface area (Å²) in [6.45, 7) is 0. The van der Waals surface area contributed by atoms with Gasteiger partial charge in [-0.25, -0.2) is 4.89 Å². The molecule has 3 nitrogen and oxygen atoms in total. The summed E-state index contributed by atoms with van der Waals surface area (Å²) in [5.41, 5.74) is 0. The molecule has 0 amide bonds. The van der Waals surface area contributed by atoms with Crippen LogP contribution in [0.5, 0.6) is 0 Å². The van der Waals surface area contributed by atoms with Gasteiger partial charge in [-0.2, -0.15) is 17.0 Å². The van der Waals surface area contributed by atoms with E-state index < -0.39 is 0 Å². The lowest BCUT2D eigenvalue weighted by Gasteiger charge is -1.75. The lowest BCUT2D eigenvalue weighted by molar-refractivity contribution is -0.157. The molecule has 0 heterocycles. The van der Waals surface area contributed by atoms with Crippen molar-refractivity contribution in [3.63, 3.8) is 0 Å². The lowest BCUT2D eigenvalue weighted by atomic mass is 11.8. The molecule has 0 N–H and O–H groups in total. The van der Waals surface area contributed by atoms with Gasteiger partial charge in [0.1, 0.15) is 0 Å².